The topological polar surface area (TPSA) is 18.5 Å². The summed E-state index contributed by atoms with van der Waals surface area (Å²) in [6, 6.07) is 9.26. The molecule has 0 N–H and O–H groups in total. The molecule has 0 heterocycles. The van der Waals surface area contributed by atoms with Crippen molar-refractivity contribution in [1.82, 2.24) is 0 Å². The van der Waals surface area contributed by atoms with E-state index in [0.717, 1.165) is 20.3 Å². The van der Waals surface area contributed by atoms with Gasteiger partial charge >= 0.3 is 0 Å². The lowest BCUT2D eigenvalue weighted by Crippen LogP contribution is -1.92. The average molecular weight is 485 g/mol. The first kappa shape index (κ1) is 16.1. The van der Waals surface area contributed by atoms with Crippen molar-refractivity contribution in [2.24, 2.45) is 0 Å². The lowest BCUT2D eigenvalue weighted by molar-refractivity contribution is 0.409. The molecule has 0 saturated heterocycles. The van der Waals surface area contributed by atoms with Crippen molar-refractivity contribution in [3.63, 3.8) is 0 Å². The van der Waals surface area contributed by atoms with Crippen LogP contribution in [0.15, 0.2) is 39.3 Å². The van der Waals surface area contributed by atoms with Crippen molar-refractivity contribution < 1.29 is 9.47 Å². The molecule has 0 bridgehead atoms. The first-order valence-corrected chi connectivity index (χ1v) is 8.69. The van der Waals surface area contributed by atoms with Gasteiger partial charge in [0.05, 0.1) is 16.1 Å². The Bertz CT molecular complexity index is 632. The fourth-order valence-electron chi connectivity index (χ4n) is 1.60. The van der Waals surface area contributed by atoms with Crippen LogP contribution in [0.3, 0.4) is 0 Å². The summed E-state index contributed by atoms with van der Waals surface area (Å²) in [5.74, 6) is 2.13. The Morgan fingerprint density at radius 1 is 1.00 bits per heavy atom. The molecule has 0 aliphatic rings. The zero-order chi connectivity index (χ0) is 14.7. The van der Waals surface area contributed by atoms with Gasteiger partial charge in [-0.05, 0) is 56.1 Å². The van der Waals surface area contributed by atoms with Crippen molar-refractivity contribution in [3.8, 4) is 17.2 Å². The van der Waals surface area contributed by atoms with Crippen LogP contribution in [0.25, 0.3) is 0 Å². The van der Waals surface area contributed by atoms with Crippen LogP contribution in [0.2, 0.25) is 5.02 Å². The zero-order valence-corrected chi connectivity index (χ0v) is 15.9. The molecule has 0 aliphatic heterocycles. The second-order valence-corrected chi connectivity index (χ2v) is 6.61. The van der Waals surface area contributed by atoms with Gasteiger partial charge in [-0.3, -0.25) is 0 Å². The summed E-state index contributed by atoms with van der Waals surface area (Å²) >= 11 is 16.4. The van der Waals surface area contributed by atoms with E-state index in [2.05, 4.69) is 47.8 Å². The van der Waals surface area contributed by atoms with Crippen LogP contribution in [0.5, 0.6) is 17.2 Å². The second kappa shape index (κ2) is 7.16. The highest BCUT2D eigenvalue weighted by Gasteiger charge is 2.11. The van der Waals surface area contributed by atoms with Gasteiger partial charge in [0, 0.05) is 15.9 Å². The van der Waals surface area contributed by atoms with Gasteiger partial charge in [0.2, 0.25) is 0 Å². The highest BCUT2D eigenvalue weighted by molar-refractivity contribution is 9.11. The Morgan fingerprint density at radius 2 is 1.65 bits per heavy atom. The van der Waals surface area contributed by atoms with E-state index in [9.17, 15) is 0 Å². The second-order valence-electron chi connectivity index (χ2n) is 3.90. The molecule has 106 valence electrons. The number of methoxy groups -OCH3 is 1. The van der Waals surface area contributed by atoms with Crippen LogP contribution < -0.4 is 9.47 Å². The SMILES string of the molecule is COc1cc(Br)c(Oc2cc(Cl)ccc2CBr)cc1Br. The molecule has 0 aliphatic carbocycles. The summed E-state index contributed by atoms with van der Waals surface area (Å²) in [5, 5.41) is 1.32. The van der Waals surface area contributed by atoms with E-state index in [-0.39, 0.29) is 0 Å². The van der Waals surface area contributed by atoms with Crippen LogP contribution in [-0.2, 0) is 5.33 Å². The van der Waals surface area contributed by atoms with E-state index in [1.165, 1.54) is 0 Å². The normalized spacial score (nSPS) is 10.4. The van der Waals surface area contributed by atoms with E-state index in [1.807, 2.05) is 24.3 Å². The third-order valence-electron chi connectivity index (χ3n) is 2.60. The minimum Gasteiger partial charge on any atom is -0.496 e. The van der Waals surface area contributed by atoms with Crippen molar-refractivity contribution in [3.05, 3.63) is 49.9 Å². The van der Waals surface area contributed by atoms with E-state index in [1.54, 1.807) is 13.2 Å². The predicted octanol–water partition coefficient (Wildman–Crippen LogP) is 6.56. The number of rotatable bonds is 4. The van der Waals surface area contributed by atoms with Crippen LogP contribution in [0.4, 0.5) is 0 Å². The van der Waals surface area contributed by atoms with Gasteiger partial charge in [-0.2, -0.15) is 0 Å². The summed E-state index contributed by atoms with van der Waals surface area (Å²) < 4.78 is 12.8. The van der Waals surface area contributed by atoms with Crippen molar-refractivity contribution in [2.75, 3.05) is 7.11 Å². The fraction of sp³-hybridized carbons (Fsp3) is 0.143. The molecule has 2 nitrogen and oxygen atoms in total. The molecular formula is C14H10Br3ClO2. The van der Waals surface area contributed by atoms with E-state index >= 15 is 0 Å². The molecule has 0 radical (unpaired) electrons. The number of alkyl halides is 1. The van der Waals surface area contributed by atoms with Crippen molar-refractivity contribution >= 4 is 59.4 Å². The number of hydrogen-bond donors (Lipinski definition) is 0. The van der Waals surface area contributed by atoms with Crippen molar-refractivity contribution in [2.45, 2.75) is 5.33 Å². The van der Waals surface area contributed by atoms with E-state index in [4.69, 9.17) is 21.1 Å². The smallest absolute Gasteiger partial charge is 0.143 e. The highest BCUT2D eigenvalue weighted by atomic mass is 79.9. The Kier molecular flexibility index (Phi) is 5.78. The van der Waals surface area contributed by atoms with E-state index < -0.39 is 0 Å². The maximum absolute atomic E-state index is 6.02. The lowest BCUT2D eigenvalue weighted by atomic mass is 10.2. The van der Waals surface area contributed by atoms with Gasteiger partial charge in [0.25, 0.3) is 0 Å². The first-order chi connectivity index (χ1) is 9.55. The number of hydrogen-bond acceptors (Lipinski definition) is 2. The molecular weight excluding hydrogens is 475 g/mol. The standard InChI is InChI=1S/C14H10Br3ClO2/c1-19-13-5-11(17)14(6-10(13)16)20-12-4-9(18)3-2-8(12)7-15/h2-6H,7H2,1H3. The molecule has 2 rings (SSSR count). The quantitative estimate of drug-likeness (QED) is 0.457. The van der Waals surface area contributed by atoms with Gasteiger partial charge in [-0.25, -0.2) is 0 Å². The van der Waals surface area contributed by atoms with E-state index in [0.29, 0.717) is 21.9 Å². The summed E-state index contributed by atoms with van der Waals surface area (Å²) in [7, 11) is 1.62. The minimum atomic E-state index is 0.633. The summed E-state index contributed by atoms with van der Waals surface area (Å²) in [6.07, 6.45) is 0. The number of benzene rings is 2. The van der Waals surface area contributed by atoms with Crippen LogP contribution in [-0.4, -0.2) is 7.11 Å². The average Bonchev–Trinajstić information content (AvgIpc) is 2.42. The summed E-state index contributed by atoms with van der Waals surface area (Å²) in [4.78, 5) is 0. The summed E-state index contributed by atoms with van der Waals surface area (Å²) in [5.41, 5.74) is 1.02. The van der Waals surface area contributed by atoms with Gasteiger partial charge < -0.3 is 9.47 Å². The molecule has 6 heteroatoms. The van der Waals surface area contributed by atoms with Gasteiger partial charge in [-0.15, -0.1) is 0 Å². The lowest BCUT2D eigenvalue weighted by Gasteiger charge is -2.13. The van der Waals surface area contributed by atoms with Crippen LogP contribution in [0, 0.1) is 0 Å². The van der Waals surface area contributed by atoms with Gasteiger partial charge in [0.15, 0.2) is 0 Å². The maximum atomic E-state index is 6.02. The minimum absolute atomic E-state index is 0.633. The van der Waals surface area contributed by atoms with Crippen LogP contribution in [0.1, 0.15) is 5.56 Å². The molecule has 0 fully saturated rings. The molecule has 0 saturated carbocycles. The fourth-order valence-corrected chi connectivity index (χ4v) is 3.11. The van der Waals surface area contributed by atoms with Crippen LogP contribution >= 0.6 is 59.4 Å². The Balaban J connectivity index is 2.39. The van der Waals surface area contributed by atoms with Gasteiger partial charge in [0.1, 0.15) is 17.2 Å². The largest absolute Gasteiger partial charge is 0.496 e. The Labute approximate surface area is 147 Å². The van der Waals surface area contributed by atoms with Gasteiger partial charge in [-0.1, -0.05) is 33.6 Å². The molecule has 0 aromatic heterocycles. The van der Waals surface area contributed by atoms with Crippen molar-refractivity contribution in [1.29, 1.82) is 0 Å². The first-order valence-electron chi connectivity index (χ1n) is 5.60. The monoisotopic (exact) mass is 482 g/mol. The molecule has 2 aromatic rings. The maximum Gasteiger partial charge on any atom is 0.143 e. The predicted molar refractivity (Wildman–Crippen MR) is 92.6 cm³/mol. The highest BCUT2D eigenvalue weighted by Crippen LogP contribution is 2.39. The molecule has 0 unspecified atom stereocenters. The summed E-state index contributed by atoms with van der Waals surface area (Å²) in [6.45, 7) is 0. The Morgan fingerprint density at radius 3 is 2.30 bits per heavy atom. The third-order valence-corrected chi connectivity index (χ3v) is 4.68. The number of ether oxygens (including phenoxy) is 2. The molecule has 2 aromatic carbocycles. The number of halogens is 4. The molecule has 0 atom stereocenters. The Hall–Kier alpha value is -0.230. The molecule has 0 amide bonds. The molecule has 20 heavy (non-hydrogen) atoms. The zero-order valence-electron chi connectivity index (χ0n) is 10.4. The third kappa shape index (κ3) is 3.70. The molecule has 0 spiro atoms.